The first-order chi connectivity index (χ1) is 16.5. The highest BCUT2D eigenvalue weighted by molar-refractivity contribution is 6.01. The van der Waals surface area contributed by atoms with Crippen molar-refractivity contribution in [3.8, 4) is 11.1 Å². The van der Waals surface area contributed by atoms with E-state index in [4.69, 9.17) is 5.11 Å². The predicted molar refractivity (Wildman–Crippen MR) is 134 cm³/mol. The topological polar surface area (TPSA) is 82.8 Å². The summed E-state index contributed by atoms with van der Waals surface area (Å²) in [5.41, 5.74) is 7.99. The van der Waals surface area contributed by atoms with E-state index in [-0.39, 0.29) is 11.5 Å². The zero-order valence-electron chi connectivity index (χ0n) is 19.1. The summed E-state index contributed by atoms with van der Waals surface area (Å²) in [6.07, 6.45) is 2.25. The summed E-state index contributed by atoms with van der Waals surface area (Å²) in [4.78, 5) is 15.4. The molecule has 0 saturated heterocycles. The summed E-state index contributed by atoms with van der Waals surface area (Å²) in [6, 6.07) is 27.2. The van der Waals surface area contributed by atoms with Crippen LogP contribution in [-0.2, 0) is 0 Å². The highest BCUT2D eigenvalue weighted by Gasteiger charge is 2.20. The largest absolute Gasteiger partial charge is 0.478 e. The molecule has 2 N–H and O–H groups in total. The molecule has 4 aromatic rings. The first-order valence-electron chi connectivity index (χ1n) is 11.1. The fraction of sp³-hybridized carbons (Fsp3) is 0.138. The summed E-state index contributed by atoms with van der Waals surface area (Å²) in [5.74, 6) is -0.947. The van der Waals surface area contributed by atoms with Crippen LogP contribution < -0.4 is 0 Å². The third-order valence-electron chi connectivity index (χ3n) is 6.09. The predicted octanol–water partition coefficient (Wildman–Crippen LogP) is 6.46. The molecule has 5 heteroatoms. The molecule has 1 heterocycles. The van der Waals surface area contributed by atoms with E-state index >= 15 is 0 Å². The maximum atomic E-state index is 11.1. The van der Waals surface area contributed by atoms with E-state index in [9.17, 15) is 10.0 Å². The molecule has 0 bridgehead atoms. The second-order valence-electron chi connectivity index (χ2n) is 8.35. The molecule has 0 aliphatic carbocycles. The lowest BCUT2D eigenvalue weighted by Crippen LogP contribution is -2.12. The second kappa shape index (κ2) is 10.1. The van der Waals surface area contributed by atoms with E-state index < -0.39 is 5.97 Å². The summed E-state index contributed by atoms with van der Waals surface area (Å²) >= 11 is 0. The van der Waals surface area contributed by atoms with Gasteiger partial charge in [-0.05, 0) is 65.9 Å². The van der Waals surface area contributed by atoms with Gasteiger partial charge in [-0.25, -0.2) is 4.79 Å². The molecule has 1 aromatic heterocycles. The van der Waals surface area contributed by atoms with Crippen molar-refractivity contribution in [2.24, 2.45) is 5.16 Å². The van der Waals surface area contributed by atoms with Crippen molar-refractivity contribution in [1.82, 2.24) is 4.98 Å². The third-order valence-corrected chi connectivity index (χ3v) is 6.09. The van der Waals surface area contributed by atoms with Gasteiger partial charge in [-0.1, -0.05) is 65.8 Å². The number of oxime groups is 1. The molecule has 0 fully saturated rings. The highest BCUT2D eigenvalue weighted by Crippen LogP contribution is 2.33. The normalized spacial score (nSPS) is 12.4. The van der Waals surface area contributed by atoms with Crippen LogP contribution in [0.2, 0.25) is 0 Å². The zero-order chi connectivity index (χ0) is 24.1. The number of carboxylic acid groups (broad SMARTS) is 1. The number of carbonyl (C=O) groups is 1. The first kappa shape index (κ1) is 22.9. The Kier molecular flexibility index (Phi) is 6.83. The lowest BCUT2D eigenvalue weighted by molar-refractivity contribution is 0.0697. The number of aromatic nitrogens is 1. The van der Waals surface area contributed by atoms with Crippen molar-refractivity contribution in [3.05, 3.63) is 125 Å². The second-order valence-corrected chi connectivity index (χ2v) is 8.35. The fourth-order valence-electron chi connectivity index (χ4n) is 4.23. The SMILES string of the molecule is Cc1cc(/C(C[C@@H](c2ccc(-c3ccc(C(=O)O)cc3)cc2)c2ccccc2C)=N\O)ccn1. The Labute approximate surface area is 199 Å². The Hall–Kier alpha value is -4.25. The first-order valence-corrected chi connectivity index (χ1v) is 11.1. The molecule has 4 rings (SSSR count). The standard InChI is InChI=1S/C29H26N2O3/c1-19-5-3-4-6-26(19)27(18-28(31-34)25-15-16-30-20(2)17-25)23-11-7-21(8-12-23)22-9-13-24(14-10-22)29(32)33/h3-17,27,34H,18H2,1-2H3,(H,32,33)/b31-28-/t27-/m0/s1. The summed E-state index contributed by atoms with van der Waals surface area (Å²) in [6.45, 7) is 4.01. The Bertz CT molecular complexity index is 1330. The number of aryl methyl sites for hydroxylation is 2. The van der Waals surface area contributed by atoms with Crippen LogP contribution in [0, 0.1) is 13.8 Å². The molecule has 0 aliphatic rings. The van der Waals surface area contributed by atoms with Crippen LogP contribution in [-0.4, -0.2) is 27.0 Å². The minimum atomic E-state index is -0.936. The maximum Gasteiger partial charge on any atom is 0.335 e. The van der Waals surface area contributed by atoms with Gasteiger partial charge in [0, 0.05) is 29.8 Å². The monoisotopic (exact) mass is 450 g/mol. The lowest BCUT2D eigenvalue weighted by atomic mass is 9.83. The number of nitrogens with zero attached hydrogens (tertiary/aromatic N) is 2. The van der Waals surface area contributed by atoms with Gasteiger partial charge in [0.05, 0.1) is 11.3 Å². The number of hydrogen-bond acceptors (Lipinski definition) is 4. The van der Waals surface area contributed by atoms with E-state index in [1.54, 1.807) is 18.3 Å². The van der Waals surface area contributed by atoms with Gasteiger partial charge in [0.25, 0.3) is 0 Å². The molecule has 0 amide bonds. The van der Waals surface area contributed by atoms with Crippen LogP contribution >= 0.6 is 0 Å². The molecule has 0 aliphatic heterocycles. The van der Waals surface area contributed by atoms with Gasteiger partial charge in [0.1, 0.15) is 0 Å². The molecule has 170 valence electrons. The van der Waals surface area contributed by atoms with Gasteiger partial charge in [-0.2, -0.15) is 0 Å². The van der Waals surface area contributed by atoms with Gasteiger partial charge in [-0.3, -0.25) is 4.98 Å². The van der Waals surface area contributed by atoms with Crippen molar-refractivity contribution in [2.45, 2.75) is 26.2 Å². The molecular formula is C29H26N2O3. The number of carboxylic acids is 1. The van der Waals surface area contributed by atoms with E-state index in [2.05, 4.69) is 41.3 Å². The van der Waals surface area contributed by atoms with Crippen LogP contribution in [0.3, 0.4) is 0 Å². The summed E-state index contributed by atoms with van der Waals surface area (Å²) in [7, 11) is 0. The van der Waals surface area contributed by atoms with Crippen LogP contribution in [0.15, 0.2) is 96.3 Å². The number of pyridine rings is 1. The zero-order valence-corrected chi connectivity index (χ0v) is 19.1. The molecule has 5 nitrogen and oxygen atoms in total. The Morgan fingerprint density at radius 1 is 0.882 bits per heavy atom. The molecule has 0 radical (unpaired) electrons. The van der Waals surface area contributed by atoms with Gasteiger partial charge < -0.3 is 10.3 Å². The quantitative estimate of drug-likeness (QED) is 0.192. The Morgan fingerprint density at radius 2 is 1.53 bits per heavy atom. The van der Waals surface area contributed by atoms with Crippen molar-refractivity contribution in [2.75, 3.05) is 0 Å². The van der Waals surface area contributed by atoms with Crippen LogP contribution in [0.5, 0.6) is 0 Å². The van der Waals surface area contributed by atoms with Crippen LogP contribution in [0.4, 0.5) is 0 Å². The minimum absolute atomic E-state index is 0.0102. The van der Waals surface area contributed by atoms with Crippen LogP contribution in [0.25, 0.3) is 11.1 Å². The van der Waals surface area contributed by atoms with Gasteiger partial charge in [0.2, 0.25) is 0 Å². The Morgan fingerprint density at radius 3 is 2.12 bits per heavy atom. The molecular weight excluding hydrogens is 424 g/mol. The number of hydrogen-bond donors (Lipinski definition) is 2. The van der Waals surface area contributed by atoms with Crippen molar-refractivity contribution >= 4 is 11.7 Å². The highest BCUT2D eigenvalue weighted by atomic mass is 16.4. The Balaban J connectivity index is 1.69. The summed E-state index contributed by atoms with van der Waals surface area (Å²) < 4.78 is 0. The molecule has 1 atom stereocenters. The van der Waals surface area contributed by atoms with Crippen molar-refractivity contribution < 1.29 is 15.1 Å². The maximum absolute atomic E-state index is 11.1. The minimum Gasteiger partial charge on any atom is -0.478 e. The lowest BCUT2D eigenvalue weighted by Gasteiger charge is -2.21. The van der Waals surface area contributed by atoms with E-state index in [0.29, 0.717) is 12.1 Å². The van der Waals surface area contributed by atoms with Gasteiger partial charge in [0.15, 0.2) is 0 Å². The average Bonchev–Trinajstić information content (AvgIpc) is 2.86. The molecule has 34 heavy (non-hydrogen) atoms. The number of aromatic carboxylic acids is 1. The smallest absolute Gasteiger partial charge is 0.335 e. The summed E-state index contributed by atoms with van der Waals surface area (Å²) in [5, 5.41) is 22.6. The number of rotatable bonds is 7. The average molecular weight is 451 g/mol. The van der Waals surface area contributed by atoms with E-state index in [0.717, 1.165) is 27.9 Å². The molecule has 0 saturated carbocycles. The third kappa shape index (κ3) is 5.04. The molecule has 0 spiro atoms. The van der Waals surface area contributed by atoms with Gasteiger partial charge in [-0.15, -0.1) is 0 Å². The molecule has 0 unspecified atom stereocenters. The molecule has 3 aromatic carbocycles. The number of benzene rings is 3. The van der Waals surface area contributed by atoms with Crippen LogP contribution in [0.1, 0.15) is 50.6 Å². The van der Waals surface area contributed by atoms with Crippen molar-refractivity contribution in [3.63, 3.8) is 0 Å². The van der Waals surface area contributed by atoms with E-state index in [1.165, 1.54) is 11.1 Å². The fourth-order valence-corrected chi connectivity index (χ4v) is 4.23. The van der Waals surface area contributed by atoms with E-state index in [1.807, 2.05) is 55.5 Å². The van der Waals surface area contributed by atoms with Gasteiger partial charge >= 0.3 is 5.97 Å². The van der Waals surface area contributed by atoms with Crippen molar-refractivity contribution in [1.29, 1.82) is 0 Å².